The second kappa shape index (κ2) is 9.11. The molecular formula is C26H39N3O2. The van der Waals surface area contributed by atoms with Crippen molar-refractivity contribution in [2.45, 2.75) is 89.4 Å². The normalized spacial score (nSPS) is 25.0. The molecule has 5 rings (SSSR count). The van der Waals surface area contributed by atoms with Crippen LogP contribution in [0.25, 0.3) is 0 Å². The summed E-state index contributed by atoms with van der Waals surface area (Å²) in [5, 5.41) is 0. The number of ether oxygens (including phenoxy) is 1. The van der Waals surface area contributed by atoms with Gasteiger partial charge in [0.05, 0.1) is 0 Å². The lowest BCUT2D eigenvalue weighted by molar-refractivity contribution is 0.0414. The molecule has 5 heteroatoms. The topological polar surface area (TPSA) is 36.0 Å². The number of nitrogens with zero attached hydrogens (tertiary/aromatic N) is 3. The first kappa shape index (κ1) is 21.3. The fourth-order valence-corrected chi connectivity index (χ4v) is 5.92. The first-order valence-corrected chi connectivity index (χ1v) is 12.7. The van der Waals surface area contributed by atoms with Crippen molar-refractivity contribution >= 4 is 5.91 Å². The van der Waals surface area contributed by atoms with E-state index in [1.807, 2.05) is 12.1 Å². The lowest BCUT2D eigenvalue weighted by Gasteiger charge is -2.45. The van der Waals surface area contributed by atoms with E-state index in [2.05, 4.69) is 34.6 Å². The molecule has 170 valence electrons. The molecule has 0 unspecified atom stereocenters. The molecule has 0 spiro atoms. The van der Waals surface area contributed by atoms with E-state index in [0.29, 0.717) is 18.2 Å². The Labute approximate surface area is 187 Å². The molecular weight excluding hydrogens is 386 g/mol. The lowest BCUT2D eigenvalue weighted by Crippen LogP contribution is -2.52. The summed E-state index contributed by atoms with van der Waals surface area (Å²) < 4.78 is 6.32. The number of carbonyl (C=O) groups excluding carboxylic acids is 1. The maximum Gasteiger partial charge on any atom is 0.254 e. The number of benzene rings is 1. The number of fused-ring (bicyclic) bond motifs is 1. The van der Waals surface area contributed by atoms with Crippen molar-refractivity contribution in [3.63, 3.8) is 0 Å². The fourth-order valence-electron chi connectivity index (χ4n) is 5.92. The van der Waals surface area contributed by atoms with Gasteiger partial charge < -0.3 is 19.4 Å². The zero-order valence-corrected chi connectivity index (χ0v) is 19.4. The second-order valence-electron chi connectivity index (χ2n) is 10.4. The highest BCUT2D eigenvalue weighted by Crippen LogP contribution is 2.31. The predicted molar refractivity (Wildman–Crippen MR) is 124 cm³/mol. The second-order valence-corrected chi connectivity index (χ2v) is 10.4. The standard InChI is InChI=1S/C26H39N3O2/c1-19(2)27-15-11-23(12-16-27)31-24-6-7-25-20(18-24)8-17-29(26(25)30)22-9-13-28(14-10-22)21-4-3-5-21/h6-7,18-19,21-23H,3-5,8-17H2,1-2H3. The highest BCUT2D eigenvalue weighted by atomic mass is 16.5. The van der Waals surface area contributed by atoms with E-state index in [4.69, 9.17) is 4.74 Å². The van der Waals surface area contributed by atoms with Crippen LogP contribution in [-0.4, -0.2) is 77.6 Å². The SMILES string of the molecule is CC(C)N1CCC(Oc2ccc3c(c2)CCN(C2CCN(C4CCC4)CC2)C3=O)CC1. The van der Waals surface area contributed by atoms with Gasteiger partial charge >= 0.3 is 0 Å². The highest BCUT2D eigenvalue weighted by Gasteiger charge is 2.35. The van der Waals surface area contributed by atoms with Gasteiger partial charge in [-0.15, -0.1) is 0 Å². The molecule has 0 bridgehead atoms. The molecule has 0 radical (unpaired) electrons. The highest BCUT2D eigenvalue weighted by molar-refractivity contribution is 5.97. The molecule has 5 nitrogen and oxygen atoms in total. The van der Waals surface area contributed by atoms with Gasteiger partial charge in [-0.25, -0.2) is 0 Å². The zero-order valence-electron chi connectivity index (χ0n) is 19.4. The molecule has 0 aromatic heterocycles. The van der Waals surface area contributed by atoms with Gasteiger partial charge in [-0.1, -0.05) is 6.42 Å². The van der Waals surface area contributed by atoms with E-state index in [1.165, 1.54) is 24.8 Å². The number of likely N-dealkylation sites (tertiary alicyclic amines) is 2. The van der Waals surface area contributed by atoms with Crippen molar-refractivity contribution in [2.24, 2.45) is 0 Å². The van der Waals surface area contributed by atoms with Crippen LogP contribution >= 0.6 is 0 Å². The van der Waals surface area contributed by atoms with Crippen molar-refractivity contribution in [3.05, 3.63) is 29.3 Å². The van der Waals surface area contributed by atoms with E-state index in [-0.39, 0.29) is 5.91 Å². The Morgan fingerprint density at radius 3 is 2.29 bits per heavy atom. The summed E-state index contributed by atoms with van der Waals surface area (Å²) in [4.78, 5) is 20.6. The Kier molecular flexibility index (Phi) is 6.25. The Morgan fingerprint density at radius 1 is 0.903 bits per heavy atom. The quantitative estimate of drug-likeness (QED) is 0.716. The van der Waals surface area contributed by atoms with E-state index >= 15 is 0 Å². The van der Waals surface area contributed by atoms with Crippen LogP contribution in [0.1, 0.15) is 74.7 Å². The van der Waals surface area contributed by atoms with Gasteiger partial charge in [0.15, 0.2) is 0 Å². The van der Waals surface area contributed by atoms with Crippen LogP contribution < -0.4 is 4.74 Å². The van der Waals surface area contributed by atoms with Crippen molar-refractivity contribution in [1.82, 2.24) is 14.7 Å². The monoisotopic (exact) mass is 425 g/mol. The van der Waals surface area contributed by atoms with Crippen LogP contribution in [0, 0.1) is 0 Å². The molecule has 3 aliphatic heterocycles. The molecule has 0 atom stereocenters. The van der Waals surface area contributed by atoms with Gasteiger partial charge in [0.1, 0.15) is 11.9 Å². The van der Waals surface area contributed by atoms with Crippen LogP contribution in [0.4, 0.5) is 0 Å². The van der Waals surface area contributed by atoms with E-state index in [0.717, 1.165) is 82.2 Å². The Hall–Kier alpha value is -1.59. The van der Waals surface area contributed by atoms with Gasteiger partial charge in [-0.05, 0) is 82.6 Å². The summed E-state index contributed by atoms with van der Waals surface area (Å²) in [6, 6.07) is 8.04. The smallest absolute Gasteiger partial charge is 0.254 e. The van der Waals surface area contributed by atoms with E-state index < -0.39 is 0 Å². The molecule has 1 aromatic carbocycles. The first-order chi connectivity index (χ1) is 15.1. The third-order valence-corrected chi connectivity index (χ3v) is 8.23. The van der Waals surface area contributed by atoms with Gasteiger partial charge in [0.2, 0.25) is 0 Å². The van der Waals surface area contributed by atoms with Gasteiger partial charge in [0, 0.05) is 56.4 Å². The summed E-state index contributed by atoms with van der Waals surface area (Å²) in [5.74, 6) is 1.18. The third-order valence-electron chi connectivity index (χ3n) is 8.23. The van der Waals surface area contributed by atoms with Crippen LogP contribution in [0.15, 0.2) is 18.2 Å². The molecule has 0 N–H and O–H groups in total. The number of rotatable bonds is 5. The first-order valence-electron chi connectivity index (χ1n) is 12.7. The molecule has 1 aliphatic carbocycles. The van der Waals surface area contributed by atoms with Gasteiger partial charge in [-0.2, -0.15) is 0 Å². The summed E-state index contributed by atoms with van der Waals surface area (Å²) in [6.07, 6.45) is 9.83. The molecule has 3 heterocycles. The summed E-state index contributed by atoms with van der Waals surface area (Å²) in [5.41, 5.74) is 2.07. The fraction of sp³-hybridized carbons (Fsp3) is 0.731. The molecule has 1 saturated carbocycles. The van der Waals surface area contributed by atoms with Crippen molar-refractivity contribution in [1.29, 1.82) is 0 Å². The van der Waals surface area contributed by atoms with Crippen LogP contribution in [0.5, 0.6) is 5.75 Å². The molecule has 1 aromatic rings. The number of carbonyl (C=O) groups is 1. The lowest BCUT2D eigenvalue weighted by atomic mass is 9.88. The molecule has 3 fully saturated rings. The molecule has 31 heavy (non-hydrogen) atoms. The molecule has 1 amide bonds. The van der Waals surface area contributed by atoms with Gasteiger partial charge in [0.25, 0.3) is 5.91 Å². The van der Waals surface area contributed by atoms with Crippen LogP contribution in [-0.2, 0) is 6.42 Å². The van der Waals surface area contributed by atoms with Crippen molar-refractivity contribution in [3.8, 4) is 5.75 Å². The average molecular weight is 426 g/mol. The zero-order chi connectivity index (χ0) is 21.4. The Bertz CT molecular complexity index is 775. The van der Waals surface area contributed by atoms with E-state index in [1.54, 1.807) is 0 Å². The maximum absolute atomic E-state index is 13.3. The van der Waals surface area contributed by atoms with Gasteiger partial charge in [-0.3, -0.25) is 4.79 Å². The Balaban J connectivity index is 1.17. The number of amides is 1. The summed E-state index contributed by atoms with van der Waals surface area (Å²) in [6.45, 7) is 9.94. The average Bonchev–Trinajstić information content (AvgIpc) is 2.74. The van der Waals surface area contributed by atoms with Crippen LogP contribution in [0.3, 0.4) is 0 Å². The number of piperidine rings is 2. The summed E-state index contributed by atoms with van der Waals surface area (Å²) >= 11 is 0. The van der Waals surface area contributed by atoms with E-state index in [9.17, 15) is 4.79 Å². The minimum Gasteiger partial charge on any atom is -0.490 e. The number of hydrogen-bond donors (Lipinski definition) is 0. The third kappa shape index (κ3) is 4.49. The largest absolute Gasteiger partial charge is 0.490 e. The summed E-state index contributed by atoms with van der Waals surface area (Å²) in [7, 11) is 0. The van der Waals surface area contributed by atoms with Crippen molar-refractivity contribution < 1.29 is 9.53 Å². The minimum absolute atomic E-state index is 0.236. The van der Waals surface area contributed by atoms with Crippen molar-refractivity contribution in [2.75, 3.05) is 32.7 Å². The molecule has 2 saturated heterocycles. The molecule has 4 aliphatic rings. The number of hydrogen-bond acceptors (Lipinski definition) is 4. The maximum atomic E-state index is 13.3. The predicted octanol–water partition coefficient (Wildman–Crippen LogP) is 3.95. The van der Waals surface area contributed by atoms with Crippen LogP contribution in [0.2, 0.25) is 0 Å². The Morgan fingerprint density at radius 2 is 1.65 bits per heavy atom. The minimum atomic E-state index is 0.236.